The van der Waals surface area contributed by atoms with E-state index in [1.165, 1.54) is 19.3 Å². The molecule has 1 aromatic rings. The number of phenols is 1. The molecule has 0 bridgehead atoms. The van der Waals surface area contributed by atoms with E-state index in [1.807, 2.05) is 12.1 Å². The monoisotopic (exact) mass is 499 g/mol. The van der Waals surface area contributed by atoms with Gasteiger partial charge in [0.15, 0.2) is 0 Å². The van der Waals surface area contributed by atoms with Crippen molar-refractivity contribution in [1.82, 2.24) is 5.32 Å². The van der Waals surface area contributed by atoms with E-state index in [2.05, 4.69) is 46.0 Å². The zero-order valence-electron chi connectivity index (χ0n) is 23.2. The minimum absolute atomic E-state index is 0.0567. The fourth-order valence-corrected chi connectivity index (χ4v) is 5.92. The number of benzene rings is 1. The third-order valence-corrected chi connectivity index (χ3v) is 8.07. The van der Waals surface area contributed by atoms with Crippen LogP contribution in [0, 0.1) is 5.92 Å². The van der Waals surface area contributed by atoms with Crippen molar-refractivity contribution in [1.29, 1.82) is 0 Å². The highest BCUT2D eigenvalue weighted by Crippen LogP contribution is 2.55. The fourth-order valence-electron chi connectivity index (χ4n) is 5.92. The van der Waals surface area contributed by atoms with Gasteiger partial charge in [0, 0.05) is 28.5 Å². The first-order valence-electron chi connectivity index (χ1n) is 13.5. The Labute approximate surface area is 216 Å². The van der Waals surface area contributed by atoms with Gasteiger partial charge in [-0.25, -0.2) is 0 Å². The Balaban J connectivity index is 1.88. The third-order valence-electron chi connectivity index (χ3n) is 8.07. The van der Waals surface area contributed by atoms with Crippen LogP contribution in [0.3, 0.4) is 0 Å². The number of fused-ring (bicyclic) bond motifs is 3. The number of hydrogen-bond acceptors (Lipinski definition) is 4. The van der Waals surface area contributed by atoms with Crippen molar-refractivity contribution in [3.8, 4) is 11.5 Å². The summed E-state index contributed by atoms with van der Waals surface area (Å²) in [6.07, 6.45) is 8.78. The molecule has 0 unspecified atom stereocenters. The molecule has 2 aliphatic rings. The first kappa shape index (κ1) is 28.1. The Morgan fingerprint density at radius 1 is 1.14 bits per heavy atom. The minimum Gasteiger partial charge on any atom is -0.508 e. The van der Waals surface area contributed by atoms with Gasteiger partial charge in [-0.05, 0) is 70.1 Å². The smallest absolute Gasteiger partial charge is 0.305 e. The molecule has 3 rings (SSSR count). The number of allylic oxidation sites excluding steroid dienone is 1. The molecule has 0 spiro atoms. The van der Waals surface area contributed by atoms with Gasteiger partial charge in [-0.2, -0.15) is 0 Å². The van der Waals surface area contributed by atoms with Crippen LogP contribution >= 0.6 is 0 Å². The summed E-state index contributed by atoms with van der Waals surface area (Å²) in [5.41, 5.74) is 1.11. The van der Waals surface area contributed by atoms with Crippen molar-refractivity contribution >= 4 is 11.9 Å². The highest BCUT2D eigenvalue weighted by atomic mass is 16.5. The number of hydrogen-bond donors (Lipinski definition) is 3. The van der Waals surface area contributed by atoms with Crippen molar-refractivity contribution in [3.05, 3.63) is 34.9 Å². The largest absolute Gasteiger partial charge is 0.508 e. The first-order chi connectivity index (χ1) is 16.7. The highest BCUT2D eigenvalue weighted by molar-refractivity contribution is 5.94. The maximum atomic E-state index is 13.1. The van der Waals surface area contributed by atoms with Gasteiger partial charge in [-0.15, -0.1) is 0 Å². The van der Waals surface area contributed by atoms with Crippen LogP contribution in [0.1, 0.15) is 117 Å². The number of aromatic hydroxyl groups is 1. The molecule has 0 radical (unpaired) electrons. The number of amides is 1. The number of ether oxygens (including phenoxy) is 1. The summed E-state index contributed by atoms with van der Waals surface area (Å²) < 4.78 is 6.51. The maximum absolute atomic E-state index is 13.1. The molecular weight excluding hydrogens is 454 g/mol. The molecule has 36 heavy (non-hydrogen) atoms. The molecule has 1 heterocycles. The number of carboxylic acids is 1. The number of unbranched alkanes of at least 4 members (excludes halogenated alkanes) is 3. The van der Waals surface area contributed by atoms with E-state index in [9.17, 15) is 14.7 Å². The summed E-state index contributed by atoms with van der Waals surface area (Å²) in [5.74, 6) is -0.179. The van der Waals surface area contributed by atoms with Crippen molar-refractivity contribution in [3.63, 3.8) is 0 Å². The number of carbonyl (C=O) groups is 2. The van der Waals surface area contributed by atoms with E-state index in [-0.39, 0.29) is 35.3 Å². The van der Waals surface area contributed by atoms with E-state index in [0.717, 1.165) is 24.0 Å². The van der Waals surface area contributed by atoms with Crippen molar-refractivity contribution in [2.24, 2.45) is 5.92 Å². The Bertz CT molecular complexity index is 1020. The zero-order valence-corrected chi connectivity index (χ0v) is 23.2. The topological polar surface area (TPSA) is 95.9 Å². The van der Waals surface area contributed by atoms with Crippen LogP contribution in [-0.2, 0) is 15.0 Å². The lowest BCUT2D eigenvalue weighted by molar-refractivity contribution is -0.138. The Morgan fingerprint density at radius 3 is 2.47 bits per heavy atom. The average molecular weight is 500 g/mol. The normalized spacial score (nSPS) is 21.0. The SMILES string of the molecule is CCCCCCC(C)(C)c1cc(O)c2c(c1)OC(C)(C)[C@@H]1CC=C(C(=O)NC(C)(C)CC(=O)O)C[C@@H]21. The van der Waals surface area contributed by atoms with Crippen molar-refractivity contribution in [2.45, 2.75) is 122 Å². The van der Waals surface area contributed by atoms with Gasteiger partial charge in [0.05, 0.1) is 6.42 Å². The van der Waals surface area contributed by atoms with Gasteiger partial charge in [0.2, 0.25) is 5.91 Å². The number of carbonyl (C=O) groups excluding carboxylic acids is 1. The standard InChI is InChI=1S/C30H45NO5/c1-8-9-10-11-14-28(2,3)20-16-23(32)26-21-15-19(27(35)31-29(4,5)18-25(33)34)12-13-22(21)30(6,7)36-24(26)17-20/h12,16-17,21-22,32H,8-11,13-15,18H2,1-7H3,(H,31,35)(H,33,34)/t21-,22-/m1/s1. The predicted molar refractivity (Wildman–Crippen MR) is 143 cm³/mol. The van der Waals surface area contributed by atoms with E-state index in [4.69, 9.17) is 9.84 Å². The molecular formula is C30H45NO5. The average Bonchev–Trinajstić information content (AvgIpc) is 2.74. The molecule has 1 aliphatic heterocycles. The fraction of sp³-hybridized carbons (Fsp3) is 0.667. The molecule has 1 aromatic carbocycles. The van der Waals surface area contributed by atoms with Crippen LogP contribution in [0.2, 0.25) is 0 Å². The van der Waals surface area contributed by atoms with E-state index in [1.54, 1.807) is 13.8 Å². The van der Waals surface area contributed by atoms with Crippen molar-refractivity contribution < 1.29 is 24.5 Å². The number of aliphatic carboxylic acids is 1. The molecule has 1 aliphatic carbocycles. The molecule has 6 nitrogen and oxygen atoms in total. The van der Waals surface area contributed by atoms with E-state index >= 15 is 0 Å². The number of carboxylic acid groups (broad SMARTS) is 1. The van der Waals surface area contributed by atoms with Gasteiger partial charge in [-0.1, -0.05) is 52.5 Å². The first-order valence-corrected chi connectivity index (χ1v) is 13.5. The summed E-state index contributed by atoms with van der Waals surface area (Å²) in [7, 11) is 0. The second-order valence-electron chi connectivity index (χ2n) is 12.6. The number of nitrogens with one attached hydrogen (secondary N) is 1. The van der Waals surface area contributed by atoms with Crippen LogP contribution in [0.25, 0.3) is 0 Å². The van der Waals surface area contributed by atoms with Crippen LogP contribution in [0.5, 0.6) is 11.5 Å². The third kappa shape index (κ3) is 6.24. The molecule has 0 saturated carbocycles. The quantitative estimate of drug-likeness (QED) is 0.315. The van der Waals surface area contributed by atoms with Crippen LogP contribution in [0.4, 0.5) is 0 Å². The maximum Gasteiger partial charge on any atom is 0.305 e. The van der Waals surface area contributed by atoms with E-state index in [0.29, 0.717) is 24.2 Å². The molecule has 2 atom stereocenters. The minimum atomic E-state index is -0.952. The van der Waals surface area contributed by atoms with Gasteiger partial charge >= 0.3 is 5.97 Å². The van der Waals surface area contributed by atoms with E-state index < -0.39 is 17.1 Å². The molecule has 0 aromatic heterocycles. The summed E-state index contributed by atoms with van der Waals surface area (Å²) in [6.45, 7) is 14.3. The Hall–Kier alpha value is -2.50. The number of phenolic OH excluding ortho intramolecular Hbond substituents is 1. The van der Waals surface area contributed by atoms with Gasteiger partial charge in [-0.3, -0.25) is 9.59 Å². The summed E-state index contributed by atoms with van der Waals surface area (Å²) >= 11 is 0. The highest BCUT2D eigenvalue weighted by Gasteiger charge is 2.47. The zero-order chi connectivity index (χ0) is 26.9. The molecule has 200 valence electrons. The summed E-state index contributed by atoms with van der Waals surface area (Å²) in [6, 6.07) is 3.99. The molecule has 3 N–H and O–H groups in total. The van der Waals surface area contributed by atoms with Crippen LogP contribution in [0.15, 0.2) is 23.8 Å². The van der Waals surface area contributed by atoms with Crippen molar-refractivity contribution in [2.75, 3.05) is 0 Å². The van der Waals surface area contributed by atoms with Crippen LogP contribution < -0.4 is 10.1 Å². The Morgan fingerprint density at radius 2 is 1.83 bits per heavy atom. The second-order valence-corrected chi connectivity index (χ2v) is 12.6. The lowest BCUT2D eigenvalue weighted by Gasteiger charge is -2.47. The lowest BCUT2D eigenvalue weighted by atomic mass is 9.66. The van der Waals surface area contributed by atoms with Crippen LogP contribution in [-0.4, -0.2) is 33.2 Å². The summed E-state index contributed by atoms with van der Waals surface area (Å²) in [5, 5.41) is 23.3. The molecule has 0 saturated heterocycles. The Kier molecular flexibility index (Phi) is 8.17. The molecule has 6 heteroatoms. The van der Waals surface area contributed by atoms with Gasteiger partial charge < -0.3 is 20.3 Å². The van der Waals surface area contributed by atoms with Gasteiger partial charge in [0.25, 0.3) is 0 Å². The molecule has 1 amide bonds. The number of rotatable bonds is 10. The lowest BCUT2D eigenvalue weighted by Crippen LogP contribution is -2.48. The predicted octanol–water partition coefficient (Wildman–Crippen LogP) is 6.60. The molecule has 0 fully saturated rings. The second kappa shape index (κ2) is 10.5. The summed E-state index contributed by atoms with van der Waals surface area (Å²) in [4.78, 5) is 24.3. The van der Waals surface area contributed by atoms with Gasteiger partial charge in [0.1, 0.15) is 17.1 Å².